The highest BCUT2D eigenvalue weighted by Crippen LogP contribution is 2.23. The monoisotopic (exact) mass is 385 g/mol. The number of rotatable bonds is 5. The van der Waals surface area contributed by atoms with Crippen LogP contribution in [0.15, 0.2) is 58.7 Å². The molecule has 0 unspecified atom stereocenters. The summed E-state index contributed by atoms with van der Waals surface area (Å²) in [6.45, 7) is 1.98. The fourth-order valence-electron chi connectivity index (χ4n) is 1.91. The summed E-state index contributed by atoms with van der Waals surface area (Å²) in [5, 5.41) is 14.8. The van der Waals surface area contributed by atoms with E-state index in [1.807, 2.05) is 31.2 Å². The Balaban J connectivity index is 2.08. The van der Waals surface area contributed by atoms with Crippen LogP contribution in [-0.4, -0.2) is 13.0 Å². The molecule has 0 atom stereocenters. The number of nitrogens with zero attached hydrogens (tertiary/aromatic N) is 1. The summed E-state index contributed by atoms with van der Waals surface area (Å²) in [4.78, 5) is 12.2. The molecule has 0 radical (unpaired) electrons. The Morgan fingerprint density at radius 1 is 1.25 bits per heavy atom. The molecular weight excluding hydrogens is 370 g/mol. The first-order valence-electron chi connectivity index (χ1n) is 7.12. The maximum atomic E-state index is 12.2. The van der Waals surface area contributed by atoms with Crippen LogP contribution in [0.5, 0.6) is 5.75 Å². The Kier molecular flexibility index (Phi) is 5.99. The molecular formula is C18H16BrN3O2. The molecule has 2 aromatic carbocycles. The van der Waals surface area contributed by atoms with Crippen LogP contribution in [0, 0.1) is 18.3 Å². The minimum Gasteiger partial charge on any atom is -0.497 e. The number of carbonyl (C=O) groups excluding carboxylic acids is 1. The highest BCUT2D eigenvalue weighted by Gasteiger charge is 2.09. The second kappa shape index (κ2) is 8.18. The van der Waals surface area contributed by atoms with E-state index in [-0.39, 0.29) is 5.57 Å². The van der Waals surface area contributed by atoms with Crippen LogP contribution in [0.2, 0.25) is 0 Å². The highest BCUT2D eigenvalue weighted by atomic mass is 79.9. The quantitative estimate of drug-likeness (QED) is 0.596. The normalized spacial score (nSPS) is 10.7. The molecule has 0 fully saturated rings. The van der Waals surface area contributed by atoms with Gasteiger partial charge in [0, 0.05) is 16.4 Å². The van der Waals surface area contributed by atoms with Crippen molar-refractivity contribution in [3.63, 3.8) is 0 Å². The maximum Gasteiger partial charge on any atom is 0.267 e. The van der Waals surface area contributed by atoms with Crippen LogP contribution < -0.4 is 15.4 Å². The number of nitriles is 1. The average molecular weight is 386 g/mol. The predicted molar refractivity (Wildman–Crippen MR) is 97.8 cm³/mol. The standard InChI is InChI=1S/C18H16BrN3O2/c1-12-3-8-17(16(19)9-12)21-11-13(10-20)18(23)22-14-4-6-15(24-2)7-5-14/h3-9,11,21H,1-2H3,(H,22,23)/b13-11-. The molecule has 6 heteroatoms. The fraction of sp³-hybridized carbons (Fsp3) is 0.111. The number of aryl methyl sites for hydroxylation is 1. The van der Waals surface area contributed by atoms with E-state index in [0.717, 1.165) is 15.7 Å². The lowest BCUT2D eigenvalue weighted by Crippen LogP contribution is -2.14. The average Bonchev–Trinajstić information content (AvgIpc) is 2.57. The Bertz CT molecular complexity index is 808. The van der Waals surface area contributed by atoms with Crippen molar-refractivity contribution in [3.8, 4) is 11.8 Å². The van der Waals surface area contributed by atoms with Gasteiger partial charge in [0.15, 0.2) is 0 Å². The molecule has 0 aliphatic heterocycles. The number of ether oxygens (including phenoxy) is 1. The van der Waals surface area contributed by atoms with Crippen LogP contribution in [-0.2, 0) is 4.79 Å². The lowest BCUT2D eigenvalue weighted by molar-refractivity contribution is -0.112. The van der Waals surface area contributed by atoms with Gasteiger partial charge in [-0.2, -0.15) is 5.26 Å². The zero-order chi connectivity index (χ0) is 17.5. The molecule has 2 rings (SSSR count). The van der Waals surface area contributed by atoms with E-state index in [2.05, 4.69) is 26.6 Å². The van der Waals surface area contributed by atoms with Crippen LogP contribution in [0.25, 0.3) is 0 Å². The minimum absolute atomic E-state index is 0.0294. The smallest absolute Gasteiger partial charge is 0.267 e. The van der Waals surface area contributed by atoms with Gasteiger partial charge in [-0.1, -0.05) is 6.07 Å². The van der Waals surface area contributed by atoms with Gasteiger partial charge in [0.25, 0.3) is 5.91 Å². The van der Waals surface area contributed by atoms with Crippen molar-refractivity contribution in [3.05, 3.63) is 64.3 Å². The third kappa shape index (κ3) is 4.61. The van der Waals surface area contributed by atoms with E-state index in [9.17, 15) is 10.1 Å². The van der Waals surface area contributed by atoms with E-state index >= 15 is 0 Å². The van der Waals surface area contributed by atoms with E-state index in [4.69, 9.17) is 4.74 Å². The molecule has 0 aliphatic carbocycles. The molecule has 122 valence electrons. The molecule has 2 N–H and O–H groups in total. The Morgan fingerprint density at radius 3 is 2.54 bits per heavy atom. The van der Waals surface area contributed by atoms with Crippen molar-refractivity contribution in [2.24, 2.45) is 0 Å². The summed E-state index contributed by atoms with van der Waals surface area (Å²) in [6.07, 6.45) is 1.38. The van der Waals surface area contributed by atoms with Crippen molar-refractivity contribution in [2.45, 2.75) is 6.92 Å². The van der Waals surface area contributed by atoms with Crippen molar-refractivity contribution < 1.29 is 9.53 Å². The Hall–Kier alpha value is -2.78. The number of amides is 1. The molecule has 5 nitrogen and oxygen atoms in total. The van der Waals surface area contributed by atoms with E-state index in [1.165, 1.54) is 6.20 Å². The van der Waals surface area contributed by atoms with Crippen LogP contribution in [0.1, 0.15) is 5.56 Å². The summed E-state index contributed by atoms with van der Waals surface area (Å²) < 4.78 is 5.91. The SMILES string of the molecule is COc1ccc(NC(=O)/C(C#N)=C\Nc2ccc(C)cc2Br)cc1. The summed E-state index contributed by atoms with van der Waals surface area (Å²) >= 11 is 3.44. The molecule has 0 saturated carbocycles. The first-order valence-corrected chi connectivity index (χ1v) is 7.91. The minimum atomic E-state index is -0.488. The predicted octanol–water partition coefficient (Wildman–Crippen LogP) is 4.22. The van der Waals surface area contributed by atoms with Crippen molar-refractivity contribution >= 4 is 33.2 Å². The summed E-state index contributed by atoms with van der Waals surface area (Å²) in [7, 11) is 1.57. The Morgan fingerprint density at radius 2 is 1.96 bits per heavy atom. The van der Waals surface area contributed by atoms with E-state index in [0.29, 0.717) is 11.4 Å². The van der Waals surface area contributed by atoms with Gasteiger partial charge < -0.3 is 15.4 Å². The first-order chi connectivity index (χ1) is 11.5. The number of methoxy groups -OCH3 is 1. The van der Waals surface area contributed by atoms with Gasteiger partial charge in [0.1, 0.15) is 17.4 Å². The van der Waals surface area contributed by atoms with E-state index in [1.54, 1.807) is 31.4 Å². The second-order valence-corrected chi connectivity index (χ2v) is 5.83. The third-order valence-electron chi connectivity index (χ3n) is 3.21. The number of hydrogen-bond acceptors (Lipinski definition) is 4. The largest absolute Gasteiger partial charge is 0.497 e. The van der Waals surface area contributed by atoms with E-state index < -0.39 is 5.91 Å². The van der Waals surface area contributed by atoms with Crippen LogP contribution in [0.3, 0.4) is 0 Å². The Labute approximate surface area is 149 Å². The summed E-state index contributed by atoms with van der Waals surface area (Å²) in [5.41, 5.74) is 2.43. The number of benzene rings is 2. The molecule has 0 spiro atoms. The number of nitrogens with one attached hydrogen (secondary N) is 2. The lowest BCUT2D eigenvalue weighted by atomic mass is 10.2. The van der Waals surface area contributed by atoms with Crippen molar-refractivity contribution in [1.29, 1.82) is 5.26 Å². The van der Waals surface area contributed by atoms with Crippen LogP contribution >= 0.6 is 15.9 Å². The zero-order valence-electron chi connectivity index (χ0n) is 13.3. The van der Waals surface area contributed by atoms with Gasteiger partial charge in [-0.25, -0.2) is 0 Å². The van der Waals surface area contributed by atoms with Gasteiger partial charge in [-0.3, -0.25) is 4.79 Å². The molecule has 0 aliphatic rings. The van der Waals surface area contributed by atoms with Gasteiger partial charge >= 0.3 is 0 Å². The van der Waals surface area contributed by atoms with Crippen molar-refractivity contribution in [1.82, 2.24) is 0 Å². The molecule has 0 heterocycles. The molecule has 24 heavy (non-hydrogen) atoms. The highest BCUT2D eigenvalue weighted by molar-refractivity contribution is 9.10. The second-order valence-electron chi connectivity index (χ2n) is 4.98. The summed E-state index contributed by atoms with van der Waals surface area (Å²) in [6, 6.07) is 14.5. The van der Waals surface area contributed by atoms with Crippen LogP contribution in [0.4, 0.5) is 11.4 Å². The maximum absolute atomic E-state index is 12.2. The number of hydrogen-bond donors (Lipinski definition) is 2. The number of anilines is 2. The van der Waals surface area contributed by atoms with Gasteiger partial charge in [-0.05, 0) is 64.8 Å². The van der Waals surface area contributed by atoms with Crippen molar-refractivity contribution in [2.75, 3.05) is 17.7 Å². The third-order valence-corrected chi connectivity index (χ3v) is 3.87. The molecule has 0 bridgehead atoms. The fourth-order valence-corrected chi connectivity index (χ4v) is 2.52. The molecule has 2 aromatic rings. The summed E-state index contributed by atoms with van der Waals surface area (Å²) in [5.74, 6) is 0.202. The van der Waals surface area contributed by atoms with Gasteiger partial charge in [0.2, 0.25) is 0 Å². The zero-order valence-corrected chi connectivity index (χ0v) is 14.8. The lowest BCUT2D eigenvalue weighted by Gasteiger charge is -2.07. The topological polar surface area (TPSA) is 74.1 Å². The molecule has 0 aromatic heterocycles. The first kappa shape index (κ1) is 17.6. The molecule has 1 amide bonds. The molecule has 0 saturated heterocycles. The van der Waals surface area contributed by atoms with Gasteiger partial charge in [0.05, 0.1) is 12.8 Å². The number of halogens is 1. The number of carbonyl (C=O) groups is 1. The van der Waals surface area contributed by atoms with Gasteiger partial charge in [-0.15, -0.1) is 0 Å².